The first kappa shape index (κ1) is 20.4. The second-order valence-corrected chi connectivity index (χ2v) is 7.02. The number of fused-ring (bicyclic) bond motifs is 1. The summed E-state index contributed by atoms with van der Waals surface area (Å²) in [6.07, 6.45) is 2.66. The van der Waals surface area contributed by atoms with E-state index < -0.39 is 0 Å². The van der Waals surface area contributed by atoms with Crippen LogP contribution in [-0.4, -0.2) is 34.2 Å². The molecule has 0 aliphatic carbocycles. The summed E-state index contributed by atoms with van der Waals surface area (Å²) in [6, 6.07) is 11.9. The average Bonchev–Trinajstić information content (AvgIpc) is 3.08. The predicted molar refractivity (Wildman–Crippen MR) is 118 cm³/mol. The van der Waals surface area contributed by atoms with E-state index in [1.807, 2.05) is 60.8 Å². The number of carbonyl (C=O) groups is 1. The second-order valence-electron chi connectivity index (χ2n) is 7.02. The van der Waals surface area contributed by atoms with Crippen molar-refractivity contribution in [1.82, 2.24) is 14.7 Å². The van der Waals surface area contributed by atoms with Crippen LogP contribution >= 0.6 is 0 Å². The molecule has 0 unspecified atom stereocenters. The van der Waals surface area contributed by atoms with Crippen LogP contribution in [0, 0.1) is 6.92 Å². The third kappa shape index (κ3) is 5.13. The van der Waals surface area contributed by atoms with Gasteiger partial charge < -0.3 is 16.4 Å². The Balaban J connectivity index is 1.63. The SMILES string of the molecule is CCc1nc2ccc(C)cn2c1C(=O)NCc1ccc(NCCN=C(C)N)cc1. The molecule has 3 rings (SSSR count). The van der Waals surface area contributed by atoms with Crippen molar-refractivity contribution in [2.24, 2.45) is 10.7 Å². The topological polar surface area (TPSA) is 96.8 Å². The smallest absolute Gasteiger partial charge is 0.270 e. The van der Waals surface area contributed by atoms with Crippen molar-refractivity contribution in [3.8, 4) is 0 Å². The molecule has 7 heteroatoms. The van der Waals surface area contributed by atoms with Crippen molar-refractivity contribution in [2.45, 2.75) is 33.7 Å². The second kappa shape index (κ2) is 9.23. The molecule has 1 aromatic carbocycles. The number of benzene rings is 1. The molecule has 0 saturated heterocycles. The summed E-state index contributed by atoms with van der Waals surface area (Å²) >= 11 is 0. The highest BCUT2D eigenvalue weighted by Crippen LogP contribution is 2.15. The van der Waals surface area contributed by atoms with Crippen molar-refractivity contribution in [1.29, 1.82) is 0 Å². The number of carbonyl (C=O) groups excluding carboxylic acids is 1. The molecule has 0 aliphatic rings. The van der Waals surface area contributed by atoms with E-state index in [0.29, 0.717) is 31.0 Å². The summed E-state index contributed by atoms with van der Waals surface area (Å²) < 4.78 is 1.88. The number of hydrogen-bond acceptors (Lipinski definition) is 4. The average molecular weight is 393 g/mol. The van der Waals surface area contributed by atoms with Crippen LogP contribution < -0.4 is 16.4 Å². The van der Waals surface area contributed by atoms with Gasteiger partial charge in [0.05, 0.1) is 18.1 Å². The summed E-state index contributed by atoms with van der Waals surface area (Å²) in [4.78, 5) is 21.6. The number of hydrogen-bond donors (Lipinski definition) is 3. The van der Waals surface area contributed by atoms with Gasteiger partial charge in [0.1, 0.15) is 11.3 Å². The molecule has 0 aliphatic heterocycles. The summed E-state index contributed by atoms with van der Waals surface area (Å²) in [7, 11) is 0. The Morgan fingerprint density at radius 3 is 2.66 bits per heavy atom. The number of amides is 1. The summed E-state index contributed by atoms with van der Waals surface area (Å²) in [5.41, 5.74) is 10.9. The normalized spacial score (nSPS) is 11.6. The lowest BCUT2D eigenvalue weighted by Crippen LogP contribution is -2.25. The zero-order valence-corrected chi connectivity index (χ0v) is 17.2. The third-order valence-corrected chi connectivity index (χ3v) is 4.60. The molecule has 0 radical (unpaired) electrons. The number of nitrogens with one attached hydrogen (secondary N) is 2. The molecular formula is C22H28N6O. The van der Waals surface area contributed by atoms with Crippen molar-refractivity contribution >= 4 is 23.1 Å². The lowest BCUT2D eigenvalue weighted by atomic mass is 10.2. The van der Waals surface area contributed by atoms with Crippen LogP contribution in [-0.2, 0) is 13.0 Å². The quantitative estimate of drug-likeness (QED) is 0.312. The molecule has 152 valence electrons. The van der Waals surface area contributed by atoms with Crippen LogP contribution in [0.5, 0.6) is 0 Å². The van der Waals surface area contributed by atoms with Crippen molar-refractivity contribution < 1.29 is 4.79 Å². The maximum absolute atomic E-state index is 12.9. The molecule has 4 N–H and O–H groups in total. The first-order valence-corrected chi connectivity index (χ1v) is 9.83. The largest absolute Gasteiger partial charge is 0.388 e. The summed E-state index contributed by atoms with van der Waals surface area (Å²) in [5.74, 6) is 0.474. The molecule has 0 spiro atoms. The highest BCUT2D eigenvalue weighted by Gasteiger charge is 2.18. The summed E-state index contributed by atoms with van der Waals surface area (Å²) in [5, 5.41) is 6.31. The number of nitrogens with zero attached hydrogens (tertiary/aromatic N) is 3. The van der Waals surface area contributed by atoms with E-state index in [1.165, 1.54) is 0 Å². The molecule has 3 aromatic rings. The van der Waals surface area contributed by atoms with E-state index in [2.05, 4.69) is 20.6 Å². The van der Waals surface area contributed by atoms with E-state index in [4.69, 9.17) is 5.73 Å². The van der Waals surface area contributed by atoms with Crippen LogP contribution in [0.25, 0.3) is 5.65 Å². The van der Waals surface area contributed by atoms with Crippen LogP contribution in [0.4, 0.5) is 5.69 Å². The van der Waals surface area contributed by atoms with Gasteiger partial charge in [-0.15, -0.1) is 0 Å². The number of amidine groups is 1. The Morgan fingerprint density at radius 2 is 1.97 bits per heavy atom. The maximum atomic E-state index is 12.9. The molecule has 0 saturated carbocycles. The fraction of sp³-hybridized carbons (Fsp3) is 0.318. The highest BCUT2D eigenvalue weighted by atomic mass is 16.1. The zero-order valence-electron chi connectivity index (χ0n) is 17.2. The van der Waals surface area contributed by atoms with Gasteiger partial charge in [0, 0.05) is 25.0 Å². The number of aryl methyl sites for hydroxylation is 2. The number of rotatable bonds is 8. The third-order valence-electron chi connectivity index (χ3n) is 4.60. The van der Waals surface area contributed by atoms with Gasteiger partial charge in [0.15, 0.2) is 0 Å². The van der Waals surface area contributed by atoms with Gasteiger partial charge in [-0.05, 0) is 49.6 Å². The number of aromatic nitrogens is 2. The molecule has 0 bridgehead atoms. The molecule has 1 amide bonds. The molecule has 2 heterocycles. The van der Waals surface area contributed by atoms with Crippen molar-refractivity contribution in [3.63, 3.8) is 0 Å². The Hall–Kier alpha value is -3.35. The van der Waals surface area contributed by atoms with Gasteiger partial charge in [-0.25, -0.2) is 4.98 Å². The van der Waals surface area contributed by atoms with Crippen molar-refractivity contribution in [2.75, 3.05) is 18.4 Å². The molecule has 7 nitrogen and oxygen atoms in total. The van der Waals surface area contributed by atoms with Gasteiger partial charge in [-0.2, -0.15) is 0 Å². The van der Waals surface area contributed by atoms with Gasteiger partial charge in [-0.1, -0.05) is 25.1 Å². The Morgan fingerprint density at radius 1 is 1.21 bits per heavy atom. The van der Waals surface area contributed by atoms with E-state index >= 15 is 0 Å². The van der Waals surface area contributed by atoms with Gasteiger partial charge in [0.25, 0.3) is 5.91 Å². The Labute approximate surface area is 171 Å². The number of imidazole rings is 1. The fourth-order valence-electron chi connectivity index (χ4n) is 3.13. The lowest BCUT2D eigenvalue weighted by molar-refractivity contribution is 0.0944. The number of anilines is 1. The Kier molecular flexibility index (Phi) is 6.49. The van der Waals surface area contributed by atoms with Crippen molar-refractivity contribution in [3.05, 3.63) is 65.1 Å². The first-order valence-electron chi connectivity index (χ1n) is 9.83. The predicted octanol–water partition coefficient (Wildman–Crippen LogP) is 2.92. The van der Waals surface area contributed by atoms with E-state index in [-0.39, 0.29) is 5.91 Å². The van der Waals surface area contributed by atoms with E-state index in [1.54, 1.807) is 6.92 Å². The summed E-state index contributed by atoms with van der Waals surface area (Å²) in [6.45, 7) is 7.61. The van der Waals surface area contributed by atoms with Crippen LogP contribution in [0.1, 0.15) is 41.2 Å². The molecule has 0 atom stereocenters. The lowest BCUT2D eigenvalue weighted by Gasteiger charge is -2.09. The van der Waals surface area contributed by atoms with Gasteiger partial charge in [-0.3, -0.25) is 14.2 Å². The fourth-order valence-corrected chi connectivity index (χ4v) is 3.13. The zero-order chi connectivity index (χ0) is 20.8. The monoisotopic (exact) mass is 392 g/mol. The van der Waals surface area contributed by atoms with E-state index in [0.717, 1.165) is 34.7 Å². The number of aliphatic imine (C=N–C) groups is 1. The molecule has 29 heavy (non-hydrogen) atoms. The molecule has 2 aromatic heterocycles. The maximum Gasteiger partial charge on any atom is 0.270 e. The molecule has 0 fully saturated rings. The van der Waals surface area contributed by atoms with E-state index in [9.17, 15) is 4.79 Å². The minimum Gasteiger partial charge on any atom is -0.388 e. The van der Waals surface area contributed by atoms with Crippen LogP contribution in [0.3, 0.4) is 0 Å². The van der Waals surface area contributed by atoms with Crippen LogP contribution in [0.2, 0.25) is 0 Å². The van der Waals surface area contributed by atoms with Gasteiger partial charge >= 0.3 is 0 Å². The minimum atomic E-state index is -0.114. The van der Waals surface area contributed by atoms with Crippen LogP contribution in [0.15, 0.2) is 47.6 Å². The standard InChI is InChI=1S/C22H28N6O/c1-4-19-21(28-14-15(2)5-10-20(28)27-19)22(29)26-13-17-6-8-18(9-7-17)25-12-11-24-16(3)23/h5-10,14,25H,4,11-13H2,1-3H3,(H2,23,24)(H,26,29). The first-order chi connectivity index (χ1) is 14.0. The number of nitrogens with two attached hydrogens (primary N) is 1. The number of pyridine rings is 1. The Bertz CT molecular complexity index is 1020. The minimum absolute atomic E-state index is 0.114. The molecular weight excluding hydrogens is 364 g/mol. The van der Waals surface area contributed by atoms with Gasteiger partial charge in [0.2, 0.25) is 0 Å². The highest BCUT2D eigenvalue weighted by molar-refractivity contribution is 5.94.